The quantitative estimate of drug-likeness (QED) is 0.523. The maximum absolute atomic E-state index is 12.3. The molecule has 160 valence electrons. The molecular formula is C23H24N4O3S. The first-order chi connectivity index (χ1) is 14.7. The van der Waals surface area contributed by atoms with E-state index in [2.05, 4.69) is 21.8 Å². The van der Waals surface area contributed by atoms with Crippen LogP contribution in [0.1, 0.15) is 36.8 Å². The standard InChI is InChI=1S/C23H24N4O3S/c1-15(2)31(29,30)19-10-8-17(9-11-19)21-14-26-23(25)20(27-21)12-5-16-3-6-18(7-4-16)22(28)13-24/h3-4,6-11,14-15,22,28H,13,24H2,1-2H3,(H2,25,26). The second-order valence-electron chi connectivity index (χ2n) is 7.23. The topological polar surface area (TPSA) is 132 Å². The summed E-state index contributed by atoms with van der Waals surface area (Å²) in [4.78, 5) is 8.90. The summed E-state index contributed by atoms with van der Waals surface area (Å²) in [5.41, 5.74) is 14.4. The van der Waals surface area contributed by atoms with Crippen LogP contribution in [0.3, 0.4) is 0 Å². The van der Waals surface area contributed by atoms with Gasteiger partial charge in [-0.15, -0.1) is 0 Å². The van der Waals surface area contributed by atoms with Crippen LogP contribution in [-0.2, 0) is 9.84 Å². The van der Waals surface area contributed by atoms with Crippen molar-refractivity contribution in [3.63, 3.8) is 0 Å². The van der Waals surface area contributed by atoms with E-state index in [1.165, 1.54) is 6.20 Å². The molecule has 3 rings (SSSR count). The van der Waals surface area contributed by atoms with Gasteiger partial charge in [-0.05, 0) is 49.6 Å². The van der Waals surface area contributed by atoms with Gasteiger partial charge in [0.2, 0.25) is 0 Å². The number of nitrogens with two attached hydrogens (primary N) is 2. The molecule has 0 aliphatic heterocycles. The van der Waals surface area contributed by atoms with Crippen LogP contribution in [0.25, 0.3) is 11.3 Å². The zero-order chi connectivity index (χ0) is 22.6. The van der Waals surface area contributed by atoms with E-state index in [9.17, 15) is 13.5 Å². The van der Waals surface area contributed by atoms with E-state index < -0.39 is 21.2 Å². The smallest absolute Gasteiger partial charge is 0.180 e. The molecule has 1 atom stereocenters. The SMILES string of the molecule is CC(C)S(=O)(=O)c1ccc(-c2cnc(N)c(C#Cc3ccc(C(O)CN)cc3)n2)cc1. The highest BCUT2D eigenvalue weighted by Crippen LogP contribution is 2.22. The van der Waals surface area contributed by atoms with Gasteiger partial charge in [0.1, 0.15) is 0 Å². The maximum Gasteiger partial charge on any atom is 0.180 e. The predicted molar refractivity (Wildman–Crippen MR) is 121 cm³/mol. The first kappa shape index (κ1) is 22.4. The second-order valence-corrected chi connectivity index (χ2v) is 9.73. The van der Waals surface area contributed by atoms with Gasteiger partial charge in [-0.1, -0.05) is 30.2 Å². The number of aromatic nitrogens is 2. The summed E-state index contributed by atoms with van der Waals surface area (Å²) in [7, 11) is -3.34. The molecule has 0 aliphatic rings. The summed E-state index contributed by atoms with van der Waals surface area (Å²) < 4.78 is 24.6. The summed E-state index contributed by atoms with van der Waals surface area (Å²) in [5.74, 6) is 6.10. The number of aliphatic hydroxyl groups excluding tert-OH is 1. The molecule has 0 saturated heterocycles. The number of benzene rings is 2. The lowest BCUT2D eigenvalue weighted by molar-refractivity contribution is 0.187. The Labute approximate surface area is 182 Å². The first-order valence-corrected chi connectivity index (χ1v) is 11.2. The van der Waals surface area contributed by atoms with Crippen molar-refractivity contribution < 1.29 is 13.5 Å². The lowest BCUT2D eigenvalue weighted by Gasteiger charge is -2.09. The van der Waals surface area contributed by atoms with Crippen LogP contribution in [0.4, 0.5) is 5.82 Å². The van der Waals surface area contributed by atoms with E-state index in [0.29, 0.717) is 17.0 Å². The molecule has 7 nitrogen and oxygen atoms in total. The van der Waals surface area contributed by atoms with E-state index in [-0.39, 0.29) is 17.3 Å². The summed E-state index contributed by atoms with van der Waals surface area (Å²) in [6, 6.07) is 13.6. The van der Waals surface area contributed by atoms with E-state index in [1.807, 2.05) is 0 Å². The average molecular weight is 437 g/mol. The molecule has 0 bridgehead atoms. The number of rotatable bonds is 5. The Morgan fingerprint density at radius 1 is 1.03 bits per heavy atom. The fourth-order valence-electron chi connectivity index (χ4n) is 2.77. The van der Waals surface area contributed by atoms with Gasteiger partial charge in [-0.25, -0.2) is 18.4 Å². The third-order valence-corrected chi connectivity index (χ3v) is 6.91. The molecule has 3 aromatic rings. The molecule has 1 unspecified atom stereocenters. The normalized spacial score (nSPS) is 12.3. The molecule has 0 amide bonds. The number of hydrogen-bond donors (Lipinski definition) is 3. The molecule has 1 aromatic heterocycles. The van der Waals surface area contributed by atoms with Crippen molar-refractivity contribution in [2.45, 2.75) is 30.1 Å². The number of aliphatic hydroxyl groups is 1. The van der Waals surface area contributed by atoms with Crippen molar-refractivity contribution in [2.24, 2.45) is 5.73 Å². The number of hydrogen-bond acceptors (Lipinski definition) is 7. The molecule has 2 aromatic carbocycles. The Kier molecular flexibility index (Phi) is 6.71. The maximum atomic E-state index is 12.3. The van der Waals surface area contributed by atoms with Gasteiger partial charge < -0.3 is 16.6 Å². The predicted octanol–water partition coefficient (Wildman–Crippen LogP) is 2.30. The summed E-state index contributed by atoms with van der Waals surface area (Å²) >= 11 is 0. The van der Waals surface area contributed by atoms with Crippen molar-refractivity contribution in [1.82, 2.24) is 9.97 Å². The Hall–Kier alpha value is -3.25. The molecule has 0 aliphatic carbocycles. The minimum absolute atomic E-state index is 0.147. The van der Waals surface area contributed by atoms with Crippen LogP contribution in [-0.4, -0.2) is 35.3 Å². The van der Waals surface area contributed by atoms with Crippen LogP contribution >= 0.6 is 0 Å². The second kappa shape index (κ2) is 9.27. The van der Waals surface area contributed by atoms with Crippen molar-refractivity contribution in [2.75, 3.05) is 12.3 Å². The minimum atomic E-state index is -3.34. The summed E-state index contributed by atoms with van der Waals surface area (Å²) in [6.45, 7) is 3.44. The van der Waals surface area contributed by atoms with Gasteiger partial charge in [-0.3, -0.25) is 0 Å². The van der Waals surface area contributed by atoms with Crippen molar-refractivity contribution in [3.8, 4) is 23.1 Å². The zero-order valence-corrected chi connectivity index (χ0v) is 18.1. The monoisotopic (exact) mass is 436 g/mol. The summed E-state index contributed by atoms with van der Waals surface area (Å²) in [5, 5.41) is 9.27. The number of anilines is 1. The average Bonchev–Trinajstić information content (AvgIpc) is 2.78. The first-order valence-electron chi connectivity index (χ1n) is 9.69. The highest BCUT2D eigenvalue weighted by molar-refractivity contribution is 7.92. The molecule has 0 saturated carbocycles. The Balaban J connectivity index is 1.87. The lowest BCUT2D eigenvalue weighted by atomic mass is 10.1. The highest BCUT2D eigenvalue weighted by Gasteiger charge is 2.19. The molecule has 1 heterocycles. The van der Waals surface area contributed by atoms with Crippen LogP contribution in [0.15, 0.2) is 59.6 Å². The molecule has 0 radical (unpaired) electrons. The van der Waals surface area contributed by atoms with Crippen LogP contribution in [0, 0.1) is 11.8 Å². The van der Waals surface area contributed by atoms with Gasteiger partial charge in [0.25, 0.3) is 0 Å². The fraction of sp³-hybridized carbons (Fsp3) is 0.217. The van der Waals surface area contributed by atoms with Crippen LogP contribution < -0.4 is 11.5 Å². The van der Waals surface area contributed by atoms with Crippen molar-refractivity contribution in [3.05, 3.63) is 71.5 Å². The van der Waals surface area contributed by atoms with E-state index in [4.69, 9.17) is 11.5 Å². The highest BCUT2D eigenvalue weighted by atomic mass is 32.2. The number of sulfone groups is 1. The van der Waals surface area contributed by atoms with E-state index in [1.54, 1.807) is 62.4 Å². The Bertz CT molecular complexity index is 1230. The third-order valence-electron chi connectivity index (χ3n) is 4.74. The van der Waals surface area contributed by atoms with Crippen molar-refractivity contribution >= 4 is 15.7 Å². The van der Waals surface area contributed by atoms with Crippen molar-refractivity contribution in [1.29, 1.82) is 0 Å². The van der Waals surface area contributed by atoms with Gasteiger partial charge in [0, 0.05) is 17.7 Å². The Morgan fingerprint density at radius 2 is 1.68 bits per heavy atom. The fourth-order valence-corrected chi connectivity index (χ4v) is 3.83. The molecular weight excluding hydrogens is 412 g/mol. The van der Waals surface area contributed by atoms with Gasteiger partial charge in [0.05, 0.1) is 28.1 Å². The largest absolute Gasteiger partial charge is 0.387 e. The van der Waals surface area contributed by atoms with E-state index in [0.717, 1.165) is 11.1 Å². The van der Waals surface area contributed by atoms with Gasteiger partial charge >= 0.3 is 0 Å². The summed E-state index contributed by atoms with van der Waals surface area (Å²) in [6.07, 6.45) is 0.817. The molecule has 0 spiro atoms. The van der Waals surface area contributed by atoms with Crippen LogP contribution in [0.5, 0.6) is 0 Å². The lowest BCUT2D eigenvalue weighted by Crippen LogP contribution is -2.13. The van der Waals surface area contributed by atoms with Gasteiger partial charge in [0.15, 0.2) is 21.3 Å². The molecule has 31 heavy (non-hydrogen) atoms. The molecule has 5 N–H and O–H groups in total. The third kappa shape index (κ3) is 5.09. The number of nitrogen functional groups attached to an aromatic ring is 1. The van der Waals surface area contributed by atoms with E-state index >= 15 is 0 Å². The zero-order valence-electron chi connectivity index (χ0n) is 17.3. The van der Waals surface area contributed by atoms with Gasteiger partial charge in [-0.2, -0.15) is 0 Å². The molecule has 8 heteroatoms. The molecule has 0 fully saturated rings. The van der Waals surface area contributed by atoms with Crippen LogP contribution in [0.2, 0.25) is 0 Å². The Morgan fingerprint density at radius 3 is 2.26 bits per heavy atom. The minimum Gasteiger partial charge on any atom is -0.387 e. The number of nitrogens with zero attached hydrogens (tertiary/aromatic N) is 2.